The van der Waals surface area contributed by atoms with Crippen molar-refractivity contribution in [1.82, 2.24) is 0 Å². The molecule has 0 bridgehead atoms. The predicted octanol–water partition coefficient (Wildman–Crippen LogP) is 6.02. The maximum Gasteiger partial charge on any atom is -0.00813 e. The van der Waals surface area contributed by atoms with Gasteiger partial charge in [0.1, 0.15) is 0 Å². The van der Waals surface area contributed by atoms with Gasteiger partial charge in [-0.3, -0.25) is 0 Å². The van der Waals surface area contributed by atoms with Crippen molar-refractivity contribution in [2.75, 3.05) is 0 Å². The van der Waals surface area contributed by atoms with Crippen molar-refractivity contribution in [3.8, 4) is 0 Å². The second-order valence-electron chi connectivity index (χ2n) is 4.90. The molecule has 17 heavy (non-hydrogen) atoms. The third kappa shape index (κ3) is 11.5. The van der Waals surface area contributed by atoms with Gasteiger partial charge in [-0.1, -0.05) is 78.3 Å². The molecule has 0 spiro atoms. The predicted molar refractivity (Wildman–Crippen MR) is 82.2 cm³/mol. The molecule has 0 saturated heterocycles. The van der Waals surface area contributed by atoms with Gasteiger partial charge in [-0.25, -0.2) is 0 Å². The molecule has 0 amide bonds. The molecule has 0 aliphatic carbocycles. The Balaban J connectivity index is 0. The summed E-state index contributed by atoms with van der Waals surface area (Å²) in [6.45, 7) is 20.8. The summed E-state index contributed by atoms with van der Waals surface area (Å²) in [5.74, 6) is 1.83. The zero-order chi connectivity index (χ0) is 13.8. The van der Waals surface area contributed by atoms with Gasteiger partial charge in [0.2, 0.25) is 0 Å². The Hall–Kier alpha value is -0.780. The van der Waals surface area contributed by atoms with Crippen LogP contribution in [0.5, 0.6) is 0 Å². The van der Waals surface area contributed by atoms with Crippen LogP contribution in [0.1, 0.15) is 54.4 Å². The summed E-state index contributed by atoms with van der Waals surface area (Å²) in [6, 6.07) is 0. The third-order valence-corrected chi connectivity index (χ3v) is 2.80. The zero-order valence-corrected chi connectivity index (χ0v) is 12.8. The summed E-state index contributed by atoms with van der Waals surface area (Å²) < 4.78 is 0. The van der Waals surface area contributed by atoms with Gasteiger partial charge in [0.15, 0.2) is 0 Å². The van der Waals surface area contributed by atoms with Crippen LogP contribution in [0.4, 0.5) is 0 Å². The minimum Gasteiger partial charge on any atom is -0.102 e. The van der Waals surface area contributed by atoms with E-state index in [1.165, 1.54) is 18.4 Å². The average molecular weight is 236 g/mol. The topological polar surface area (TPSA) is 0 Å². The van der Waals surface area contributed by atoms with Crippen LogP contribution in [-0.2, 0) is 0 Å². The van der Waals surface area contributed by atoms with Gasteiger partial charge in [0.05, 0.1) is 0 Å². The van der Waals surface area contributed by atoms with Gasteiger partial charge in [0.25, 0.3) is 0 Å². The largest absolute Gasteiger partial charge is 0.102 e. The minimum absolute atomic E-state index is 0.444. The smallest absolute Gasteiger partial charge is 0.00813 e. The van der Waals surface area contributed by atoms with Crippen LogP contribution in [0.3, 0.4) is 0 Å². The maximum absolute atomic E-state index is 4.12. The fourth-order valence-corrected chi connectivity index (χ4v) is 1.29. The lowest BCUT2D eigenvalue weighted by atomic mass is 9.93. The summed E-state index contributed by atoms with van der Waals surface area (Å²) in [6.07, 6.45) is 8.79. The van der Waals surface area contributed by atoms with Crippen molar-refractivity contribution >= 4 is 0 Å². The van der Waals surface area contributed by atoms with Crippen molar-refractivity contribution in [2.45, 2.75) is 54.4 Å². The summed E-state index contributed by atoms with van der Waals surface area (Å²) in [4.78, 5) is 0. The fourth-order valence-electron chi connectivity index (χ4n) is 1.29. The first-order valence-electron chi connectivity index (χ1n) is 6.97. The van der Waals surface area contributed by atoms with E-state index in [0.717, 1.165) is 5.92 Å². The number of allylic oxidation sites excluding steroid dienone is 4. The Kier molecular flexibility index (Phi) is 12.8. The van der Waals surface area contributed by atoms with E-state index >= 15 is 0 Å². The Morgan fingerprint density at radius 1 is 1.06 bits per heavy atom. The molecule has 0 N–H and O–H groups in total. The van der Waals surface area contributed by atoms with Crippen molar-refractivity contribution < 1.29 is 0 Å². The number of rotatable bonds is 7. The Morgan fingerprint density at radius 2 is 1.59 bits per heavy atom. The van der Waals surface area contributed by atoms with E-state index in [4.69, 9.17) is 0 Å². The average Bonchev–Trinajstić information content (AvgIpc) is 2.34. The minimum atomic E-state index is 0.444. The van der Waals surface area contributed by atoms with E-state index in [1.54, 1.807) is 0 Å². The fraction of sp³-hybridized carbons (Fsp3) is 0.647. The normalized spacial score (nSPS) is 14.1. The van der Waals surface area contributed by atoms with Crippen LogP contribution in [-0.4, -0.2) is 0 Å². The van der Waals surface area contributed by atoms with Gasteiger partial charge in [0, 0.05) is 0 Å². The van der Waals surface area contributed by atoms with Gasteiger partial charge >= 0.3 is 0 Å². The van der Waals surface area contributed by atoms with Crippen LogP contribution in [0.15, 0.2) is 37.0 Å². The molecule has 0 nitrogen and oxygen atoms in total. The maximum atomic E-state index is 4.12. The third-order valence-electron chi connectivity index (χ3n) is 2.80. The second kappa shape index (κ2) is 11.7. The van der Waals surface area contributed by atoms with Gasteiger partial charge in [-0.2, -0.15) is 0 Å². The molecule has 0 rings (SSSR count). The van der Waals surface area contributed by atoms with Crippen LogP contribution in [0, 0.1) is 17.8 Å². The lowest BCUT2D eigenvalue weighted by Crippen LogP contribution is -1.99. The van der Waals surface area contributed by atoms with Crippen LogP contribution in [0.25, 0.3) is 0 Å². The Labute approximate surface area is 110 Å². The van der Waals surface area contributed by atoms with Crippen LogP contribution in [0.2, 0.25) is 0 Å². The zero-order valence-electron chi connectivity index (χ0n) is 12.8. The molecule has 0 aromatic carbocycles. The first-order chi connectivity index (χ1) is 7.97. The van der Waals surface area contributed by atoms with E-state index in [1.807, 2.05) is 19.9 Å². The number of hydrogen-bond donors (Lipinski definition) is 0. The van der Waals surface area contributed by atoms with E-state index < -0.39 is 0 Å². The molecule has 0 aromatic heterocycles. The molecular formula is C17H32. The standard InChI is InChI=1S/C15H26.C2H6/c1-7-13(4)9-11-15(6)14(5)10-8-12(2)3;1-2/h7,9,11-14H,1,6,8,10H2,2-5H3;1-2H3/b11-9-;. The highest BCUT2D eigenvalue weighted by molar-refractivity contribution is 5.18. The van der Waals surface area contributed by atoms with Gasteiger partial charge in [-0.15, -0.1) is 6.58 Å². The van der Waals surface area contributed by atoms with Crippen molar-refractivity contribution in [1.29, 1.82) is 0 Å². The van der Waals surface area contributed by atoms with Crippen molar-refractivity contribution in [2.24, 2.45) is 17.8 Å². The first kappa shape index (κ1) is 18.6. The molecule has 0 saturated carbocycles. The molecular weight excluding hydrogens is 204 g/mol. The van der Waals surface area contributed by atoms with E-state index in [2.05, 4.69) is 53.0 Å². The molecule has 0 heteroatoms. The Bertz CT molecular complexity index is 220. The van der Waals surface area contributed by atoms with Crippen molar-refractivity contribution in [3.63, 3.8) is 0 Å². The second-order valence-corrected chi connectivity index (χ2v) is 4.90. The molecule has 0 fully saturated rings. The molecule has 100 valence electrons. The SMILES string of the molecule is C=CC(C)/C=C\C(=C)C(C)CCC(C)C.CC. The van der Waals surface area contributed by atoms with Crippen molar-refractivity contribution in [3.05, 3.63) is 37.0 Å². The molecule has 0 radical (unpaired) electrons. The molecule has 0 heterocycles. The highest BCUT2D eigenvalue weighted by Crippen LogP contribution is 2.19. The lowest BCUT2D eigenvalue weighted by molar-refractivity contribution is 0.494. The number of hydrogen-bond acceptors (Lipinski definition) is 0. The van der Waals surface area contributed by atoms with E-state index in [0.29, 0.717) is 11.8 Å². The van der Waals surface area contributed by atoms with E-state index in [9.17, 15) is 0 Å². The van der Waals surface area contributed by atoms with E-state index in [-0.39, 0.29) is 0 Å². The monoisotopic (exact) mass is 236 g/mol. The molecule has 0 aliphatic rings. The van der Waals surface area contributed by atoms with Gasteiger partial charge < -0.3 is 0 Å². The van der Waals surface area contributed by atoms with Crippen LogP contribution >= 0.6 is 0 Å². The summed E-state index contributed by atoms with van der Waals surface area (Å²) >= 11 is 0. The molecule has 2 atom stereocenters. The highest BCUT2D eigenvalue weighted by atomic mass is 14.1. The Morgan fingerprint density at radius 3 is 2.00 bits per heavy atom. The van der Waals surface area contributed by atoms with Crippen LogP contribution < -0.4 is 0 Å². The summed E-state index contributed by atoms with van der Waals surface area (Å²) in [7, 11) is 0. The van der Waals surface area contributed by atoms with Gasteiger partial charge in [-0.05, 0) is 24.2 Å². The quantitative estimate of drug-likeness (QED) is 0.374. The molecule has 0 aliphatic heterocycles. The summed E-state index contributed by atoms with van der Waals surface area (Å²) in [5, 5.41) is 0. The summed E-state index contributed by atoms with van der Waals surface area (Å²) in [5.41, 5.74) is 1.24. The molecule has 2 unspecified atom stereocenters. The first-order valence-corrected chi connectivity index (χ1v) is 6.97. The molecule has 0 aromatic rings. The highest BCUT2D eigenvalue weighted by Gasteiger charge is 2.05. The lowest BCUT2D eigenvalue weighted by Gasteiger charge is -2.13.